The number of nitrogens with one attached hydrogen (secondary N) is 1. The quantitative estimate of drug-likeness (QED) is 0.873. The van der Waals surface area contributed by atoms with Gasteiger partial charge in [0.25, 0.3) is 5.56 Å². The van der Waals surface area contributed by atoms with Crippen LogP contribution in [-0.2, 0) is 18.0 Å². The van der Waals surface area contributed by atoms with Crippen molar-refractivity contribution in [1.29, 1.82) is 0 Å². The first-order valence-corrected chi connectivity index (χ1v) is 9.40. The van der Waals surface area contributed by atoms with Crippen LogP contribution >= 0.6 is 0 Å². The molecule has 3 heterocycles. The fourth-order valence-corrected chi connectivity index (χ4v) is 3.91. The molecule has 1 fully saturated rings. The highest BCUT2D eigenvalue weighted by Gasteiger charge is 2.27. The van der Waals surface area contributed by atoms with Crippen molar-refractivity contribution >= 4 is 16.9 Å². The fourth-order valence-electron chi connectivity index (χ4n) is 2.93. The van der Waals surface area contributed by atoms with Gasteiger partial charge in [-0.1, -0.05) is 0 Å². The lowest BCUT2D eigenvalue weighted by Gasteiger charge is -2.22. The van der Waals surface area contributed by atoms with Gasteiger partial charge in [0.15, 0.2) is 0 Å². The molecule has 8 heteroatoms. The van der Waals surface area contributed by atoms with Crippen LogP contribution in [0.2, 0.25) is 0 Å². The summed E-state index contributed by atoms with van der Waals surface area (Å²) in [7, 11) is 0.718. The largest absolute Gasteiger partial charge is 0.354 e. The second kappa shape index (κ2) is 7.23. The van der Waals surface area contributed by atoms with Crippen LogP contribution in [0, 0.1) is 0 Å². The molecule has 2 aromatic rings. The summed E-state index contributed by atoms with van der Waals surface area (Å²) in [6, 6.07) is 5.36. The first kappa shape index (κ1) is 16.8. The van der Waals surface area contributed by atoms with Crippen LogP contribution in [0.15, 0.2) is 35.4 Å². The number of rotatable bonds is 5. The van der Waals surface area contributed by atoms with Gasteiger partial charge in [0.1, 0.15) is 0 Å². The Morgan fingerprint density at radius 2 is 2.12 bits per heavy atom. The maximum Gasteiger partial charge on any atom is 0.255 e. The van der Waals surface area contributed by atoms with Crippen molar-refractivity contribution < 1.29 is 4.21 Å². The number of aromatic nitrogens is 3. The predicted octanol–water partition coefficient (Wildman–Crippen LogP) is 1.01. The summed E-state index contributed by atoms with van der Waals surface area (Å²) in [5.74, 6) is 0.517. The van der Waals surface area contributed by atoms with E-state index in [0.29, 0.717) is 18.2 Å². The third-order valence-electron chi connectivity index (χ3n) is 4.26. The molecule has 24 heavy (non-hydrogen) atoms. The van der Waals surface area contributed by atoms with Gasteiger partial charge in [0, 0.05) is 56.5 Å². The van der Waals surface area contributed by atoms with E-state index in [4.69, 9.17) is 0 Å². The fraction of sp³-hybridized carbons (Fsp3) is 0.438. The normalized spacial score (nSPS) is 19.3. The van der Waals surface area contributed by atoms with Crippen molar-refractivity contribution in [1.82, 2.24) is 18.8 Å². The Morgan fingerprint density at radius 3 is 2.83 bits per heavy atom. The molecule has 0 spiro atoms. The van der Waals surface area contributed by atoms with E-state index in [9.17, 15) is 9.00 Å². The predicted molar refractivity (Wildman–Crippen MR) is 95.0 cm³/mol. The molecule has 0 aliphatic carbocycles. The minimum absolute atomic E-state index is 0.123. The van der Waals surface area contributed by atoms with E-state index in [1.807, 2.05) is 16.4 Å². The highest BCUT2D eigenvalue weighted by molar-refractivity contribution is 7.81. The van der Waals surface area contributed by atoms with Crippen molar-refractivity contribution in [3.8, 4) is 11.3 Å². The van der Waals surface area contributed by atoms with Crippen molar-refractivity contribution in [3.05, 3.63) is 40.9 Å². The van der Waals surface area contributed by atoms with Gasteiger partial charge in [-0.2, -0.15) is 0 Å². The van der Waals surface area contributed by atoms with E-state index >= 15 is 0 Å². The molecule has 7 nitrogen and oxygen atoms in total. The van der Waals surface area contributed by atoms with Crippen LogP contribution in [-0.4, -0.2) is 48.4 Å². The lowest BCUT2D eigenvalue weighted by molar-refractivity contribution is 0.430. The van der Waals surface area contributed by atoms with Gasteiger partial charge < -0.3 is 5.32 Å². The molecule has 0 amide bonds. The number of pyridine rings is 1. The lowest BCUT2D eigenvalue weighted by atomic mass is 10.2. The summed E-state index contributed by atoms with van der Waals surface area (Å²) in [5.41, 5.74) is 1.34. The molecule has 1 saturated heterocycles. The van der Waals surface area contributed by atoms with E-state index in [0.717, 1.165) is 24.9 Å². The summed E-state index contributed by atoms with van der Waals surface area (Å²) in [5, 5.41) is 3.25. The zero-order valence-corrected chi connectivity index (χ0v) is 14.6. The summed E-state index contributed by atoms with van der Waals surface area (Å²) < 4.78 is 15.2. The molecule has 2 atom stereocenters. The highest BCUT2D eigenvalue weighted by Crippen LogP contribution is 2.20. The molecule has 128 valence electrons. The van der Waals surface area contributed by atoms with Crippen molar-refractivity contribution in [2.75, 3.05) is 24.7 Å². The Hall–Kier alpha value is -2.06. The molecule has 0 aromatic carbocycles. The van der Waals surface area contributed by atoms with E-state index in [-0.39, 0.29) is 11.6 Å². The smallest absolute Gasteiger partial charge is 0.255 e. The van der Waals surface area contributed by atoms with E-state index in [1.165, 1.54) is 10.6 Å². The van der Waals surface area contributed by atoms with Crippen molar-refractivity contribution in [2.45, 2.75) is 18.9 Å². The Balaban J connectivity index is 1.82. The Kier molecular flexibility index (Phi) is 5.06. The molecule has 0 radical (unpaired) electrons. The lowest BCUT2D eigenvalue weighted by Crippen LogP contribution is -2.36. The Morgan fingerprint density at radius 1 is 1.38 bits per heavy atom. The maximum atomic E-state index is 12.2. The van der Waals surface area contributed by atoms with E-state index in [2.05, 4.69) is 15.3 Å². The average Bonchev–Trinajstić information content (AvgIpc) is 3.05. The van der Waals surface area contributed by atoms with Gasteiger partial charge in [-0.05, 0) is 25.0 Å². The summed E-state index contributed by atoms with van der Waals surface area (Å²) >= 11 is 0. The second-order valence-electron chi connectivity index (χ2n) is 5.84. The van der Waals surface area contributed by atoms with Gasteiger partial charge in [0.05, 0.1) is 16.7 Å². The number of nitrogens with zero attached hydrogens (tertiary/aromatic N) is 4. The molecule has 0 bridgehead atoms. The summed E-state index contributed by atoms with van der Waals surface area (Å²) in [6.07, 6.45) is 7.08. The van der Waals surface area contributed by atoms with Crippen LogP contribution < -0.4 is 10.9 Å². The maximum absolute atomic E-state index is 12.2. The minimum atomic E-state index is -0.975. The number of hydrogen-bond acceptors (Lipinski definition) is 5. The summed E-state index contributed by atoms with van der Waals surface area (Å²) in [4.78, 5) is 20.8. The standard InChI is InChI=1S/C16H21N5O2S/c1-20-15(22)10-14(12-5-7-17-8-6-12)19-16(20)18-11-13-4-3-9-21(13)24(2)23/h5-8,10,13H,3-4,9,11H2,1-2H3,(H,18,19)/t13-,24?/m1/s1. The topological polar surface area (TPSA) is 80.1 Å². The zero-order chi connectivity index (χ0) is 17.1. The molecule has 2 aromatic heterocycles. The van der Waals surface area contributed by atoms with Gasteiger partial charge in [-0.15, -0.1) is 0 Å². The third kappa shape index (κ3) is 3.54. The van der Waals surface area contributed by atoms with Crippen LogP contribution in [0.4, 0.5) is 5.95 Å². The van der Waals surface area contributed by atoms with Crippen molar-refractivity contribution in [2.24, 2.45) is 7.05 Å². The Labute approximate surface area is 143 Å². The summed E-state index contributed by atoms with van der Waals surface area (Å²) in [6.45, 7) is 1.46. The SMILES string of the molecule is Cn1c(NC[C@H]2CCCN2S(C)=O)nc(-c2ccncc2)cc1=O. The van der Waals surface area contributed by atoms with E-state index in [1.54, 1.807) is 25.7 Å². The highest BCUT2D eigenvalue weighted by atomic mass is 32.2. The van der Waals surface area contributed by atoms with E-state index < -0.39 is 11.0 Å². The molecular weight excluding hydrogens is 326 g/mol. The second-order valence-corrected chi connectivity index (χ2v) is 7.16. The molecule has 1 aliphatic heterocycles. The molecule has 0 saturated carbocycles. The molecule has 1 N–H and O–H groups in total. The number of hydrogen-bond donors (Lipinski definition) is 1. The van der Waals surface area contributed by atoms with Crippen LogP contribution in [0.25, 0.3) is 11.3 Å². The minimum Gasteiger partial charge on any atom is -0.354 e. The van der Waals surface area contributed by atoms with Gasteiger partial charge >= 0.3 is 0 Å². The third-order valence-corrected chi connectivity index (χ3v) is 5.40. The van der Waals surface area contributed by atoms with Crippen molar-refractivity contribution in [3.63, 3.8) is 0 Å². The zero-order valence-electron chi connectivity index (χ0n) is 13.8. The molecular formula is C16H21N5O2S. The molecule has 1 unspecified atom stereocenters. The van der Waals surface area contributed by atoms with Gasteiger partial charge in [-0.3, -0.25) is 14.3 Å². The molecule has 3 rings (SSSR count). The van der Waals surface area contributed by atoms with Crippen LogP contribution in [0.1, 0.15) is 12.8 Å². The Bertz CT molecular complexity index is 793. The number of anilines is 1. The molecule has 1 aliphatic rings. The van der Waals surface area contributed by atoms with Crippen LogP contribution in [0.5, 0.6) is 0 Å². The monoisotopic (exact) mass is 347 g/mol. The first-order valence-electron chi connectivity index (χ1n) is 7.89. The van der Waals surface area contributed by atoms with Gasteiger partial charge in [-0.25, -0.2) is 13.5 Å². The average molecular weight is 347 g/mol. The van der Waals surface area contributed by atoms with Crippen LogP contribution in [0.3, 0.4) is 0 Å². The first-order chi connectivity index (χ1) is 11.6. The van der Waals surface area contributed by atoms with Gasteiger partial charge in [0.2, 0.25) is 5.95 Å².